The van der Waals surface area contributed by atoms with E-state index in [-0.39, 0.29) is 22.8 Å². The van der Waals surface area contributed by atoms with E-state index in [1.54, 1.807) is 6.92 Å². The van der Waals surface area contributed by atoms with Crippen molar-refractivity contribution in [2.75, 3.05) is 0 Å². The van der Waals surface area contributed by atoms with Crippen molar-refractivity contribution in [1.82, 2.24) is 0 Å². The van der Waals surface area contributed by atoms with Crippen molar-refractivity contribution in [3.63, 3.8) is 0 Å². The van der Waals surface area contributed by atoms with Gasteiger partial charge in [-0.1, -0.05) is 38.8 Å². The Hall–Kier alpha value is -1.62. The van der Waals surface area contributed by atoms with Gasteiger partial charge >= 0.3 is 5.97 Å². The van der Waals surface area contributed by atoms with E-state index in [2.05, 4.69) is 20.8 Å². The number of nitrogens with zero attached hydrogens (tertiary/aromatic N) is 1. The van der Waals surface area contributed by atoms with Gasteiger partial charge in [0.2, 0.25) is 0 Å². The maximum atomic E-state index is 12.6. The van der Waals surface area contributed by atoms with Crippen LogP contribution in [0.1, 0.15) is 58.4 Å². The molecule has 0 heterocycles. The van der Waals surface area contributed by atoms with Crippen LogP contribution >= 0.6 is 11.6 Å². The number of ether oxygens (including phenoxy) is 1. The Morgan fingerprint density at radius 1 is 1.32 bits per heavy atom. The molecule has 1 aromatic rings. The number of hydrogen-bond acceptors (Lipinski definition) is 4. The molecule has 0 unspecified atom stereocenters. The minimum atomic E-state index is -0.557. The molecule has 0 saturated heterocycles. The molecule has 0 spiro atoms. The lowest BCUT2D eigenvalue weighted by Crippen LogP contribution is -2.36. The summed E-state index contributed by atoms with van der Waals surface area (Å²) in [7, 11) is 0. The summed E-state index contributed by atoms with van der Waals surface area (Å²) in [5.41, 5.74) is 0.470. The molecule has 4 atom stereocenters. The number of benzene rings is 1. The van der Waals surface area contributed by atoms with Gasteiger partial charge in [0, 0.05) is 12.1 Å². The fraction of sp³-hybridized carbons (Fsp3) is 0.632. The van der Waals surface area contributed by atoms with Gasteiger partial charge in [0.15, 0.2) is 0 Å². The summed E-state index contributed by atoms with van der Waals surface area (Å²) < 4.78 is 5.85. The van der Waals surface area contributed by atoms with E-state index in [0.29, 0.717) is 23.3 Å². The van der Waals surface area contributed by atoms with Crippen molar-refractivity contribution in [1.29, 1.82) is 0 Å². The molecule has 2 rings (SSSR count). The van der Waals surface area contributed by atoms with Crippen molar-refractivity contribution in [3.8, 4) is 0 Å². The van der Waals surface area contributed by atoms with Gasteiger partial charge in [0.05, 0.1) is 15.9 Å². The lowest BCUT2D eigenvalue weighted by molar-refractivity contribution is -0.384. The Kier molecular flexibility index (Phi) is 6.44. The summed E-state index contributed by atoms with van der Waals surface area (Å²) in [6.07, 6.45) is 3.05. The molecule has 0 amide bonds. The quantitative estimate of drug-likeness (QED) is 0.399. The zero-order valence-corrected chi connectivity index (χ0v) is 16.0. The Morgan fingerprint density at radius 2 is 2.00 bits per heavy atom. The van der Waals surface area contributed by atoms with Crippen LogP contribution in [0.25, 0.3) is 0 Å². The van der Waals surface area contributed by atoms with Crippen molar-refractivity contribution in [2.24, 2.45) is 17.8 Å². The lowest BCUT2D eigenvalue weighted by Gasteiger charge is -2.37. The van der Waals surface area contributed by atoms with Crippen molar-refractivity contribution in [3.05, 3.63) is 38.9 Å². The number of esters is 1. The highest BCUT2D eigenvalue weighted by Crippen LogP contribution is 2.37. The normalized spacial score (nSPS) is 24.8. The van der Waals surface area contributed by atoms with Gasteiger partial charge in [-0.15, -0.1) is 0 Å². The highest BCUT2D eigenvalue weighted by molar-refractivity contribution is 6.31. The van der Waals surface area contributed by atoms with Crippen molar-refractivity contribution < 1.29 is 14.5 Å². The predicted octanol–water partition coefficient (Wildman–Crippen LogP) is 5.36. The molecule has 6 heteroatoms. The van der Waals surface area contributed by atoms with Crippen LogP contribution in [0.2, 0.25) is 5.02 Å². The smallest absolute Gasteiger partial charge is 0.313 e. The van der Waals surface area contributed by atoms with Gasteiger partial charge in [-0.25, -0.2) is 0 Å². The van der Waals surface area contributed by atoms with Crippen LogP contribution in [0.5, 0.6) is 0 Å². The van der Waals surface area contributed by atoms with Crippen LogP contribution in [0, 0.1) is 27.9 Å². The van der Waals surface area contributed by atoms with Gasteiger partial charge < -0.3 is 4.74 Å². The molecular weight excluding hydrogens is 342 g/mol. The first-order chi connectivity index (χ1) is 11.7. The lowest BCUT2D eigenvalue weighted by atomic mass is 9.75. The summed E-state index contributed by atoms with van der Waals surface area (Å²) >= 11 is 6.15. The van der Waals surface area contributed by atoms with Crippen LogP contribution in [0.3, 0.4) is 0 Å². The van der Waals surface area contributed by atoms with E-state index in [1.807, 2.05) is 0 Å². The molecule has 138 valence electrons. The number of carbonyl (C=O) groups excluding carboxylic acids is 1. The highest BCUT2D eigenvalue weighted by atomic mass is 35.5. The number of hydrogen-bond donors (Lipinski definition) is 0. The Labute approximate surface area is 153 Å². The van der Waals surface area contributed by atoms with E-state index < -0.39 is 10.8 Å². The van der Waals surface area contributed by atoms with Gasteiger partial charge in [0.25, 0.3) is 5.69 Å². The molecule has 1 aliphatic carbocycles. The SMILES string of the molecule is CC(C)[C@@H]1CC[C@@H](C)C[C@H]1OC(=O)[C@H](C)c1ccc([N+](=O)[O-])cc1Cl. The zero-order chi connectivity index (χ0) is 18.7. The molecule has 25 heavy (non-hydrogen) atoms. The third-order valence-corrected chi connectivity index (χ3v) is 5.57. The molecular formula is C19H26ClNO4. The van der Waals surface area contributed by atoms with Crippen LogP contribution in [0.15, 0.2) is 18.2 Å². The van der Waals surface area contributed by atoms with E-state index in [9.17, 15) is 14.9 Å². The maximum absolute atomic E-state index is 12.6. The number of carbonyl (C=O) groups is 1. The molecule has 0 bridgehead atoms. The number of rotatable bonds is 5. The largest absolute Gasteiger partial charge is 0.462 e. The average Bonchev–Trinajstić information content (AvgIpc) is 2.53. The minimum absolute atomic E-state index is 0.0736. The second kappa shape index (κ2) is 8.17. The van der Waals surface area contributed by atoms with Crippen LogP contribution in [-0.4, -0.2) is 17.0 Å². The van der Waals surface area contributed by atoms with Crippen LogP contribution < -0.4 is 0 Å². The highest BCUT2D eigenvalue weighted by Gasteiger charge is 2.34. The molecule has 1 aliphatic rings. The average molecular weight is 368 g/mol. The number of non-ortho nitro benzene ring substituents is 1. The second-order valence-corrected chi connectivity index (χ2v) is 7.89. The Balaban J connectivity index is 2.12. The van der Waals surface area contributed by atoms with Gasteiger partial charge in [-0.05, 0) is 49.1 Å². The van der Waals surface area contributed by atoms with Crippen LogP contribution in [0.4, 0.5) is 5.69 Å². The van der Waals surface area contributed by atoms with E-state index in [1.165, 1.54) is 24.6 Å². The predicted molar refractivity (Wildman–Crippen MR) is 97.7 cm³/mol. The van der Waals surface area contributed by atoms with Gasteiger partial charge in [-0.3, -0.25) is 14.9 Å². The molecule has 0 N–H and O–H groups in total. The Bertz CT molecular complexity index is 646. The van der Waals surface area contributed by atoms with Crippen molar-refractivity contribution >= 4 is 23.3 Å². The van der Waals surface area contributed by atoms with Crippen LogP contribution in [-0.2, 0) is 9.53 Å². The summed E-state index contributed by atoms with van der Waals surface area (Å²) in [6.45, 7) is 8.25. The number of halogens is 1. The summed E-state index contributed by atoms with van der Waals surface area (Å²) in [5.74, 6) is 0.508. The first-order valence-electron chi connectivity index (χ1n) is 8.85. The molecule has 5 nitrogen and oxygen atoms in total. The van der Waals surface area contributed by atoms with E-state index in [0.717, 1.165) is 12.8 Å². The molecule has 0 aromatic heterocycles. The number of nitro benzene ring substituents is 1. The standard InChI is InChI=1S/C19H26ClNO4/c1-11(2)15-7-5-12(3)9-18(15)25-19(22)13(4)16-8-6-14(21(23)24)10-17(16)20/h6,8,10-13,15,18H,5,7,9H2,1-4H3/t12-,13-,15+,18-/m1/s1. The third kappa shape index (κ3) is 4.72. The van der Waals surface area contributed by atoms with E-state index in [4.69, 9.17) is 16.3 Å². The topological polar surface area (TPSA) is 69.4 Å². The number of nitro groups is 1. The van der Waals surface area contributed by atoms with Gasteiger partial charge in [-0.2, -0.15) is 0 Å². The molecule has 1 aromatic carbocycles. The zero-order valence-electron chi connectivity index (χ0n) is 15.2. The summed E-state index contributed by atoms with van der Waals surface area (Å²) in [4.78, 5) is 23.0. The Morgan fingerprint density at radius 3 is 2.56 bits per heavy atom. The third-order valence-electron chi connectivity index (χ3n) is 5.24. The molecule has 0 aliphatic heterocycles. The first-order valence-corrected chi connectivity index (χ1v) is 9.22. The summed E-state index contributed by atoms with van der Waals surface area (Å²) in [6, 6.07) is 4.18. The monoisotopic (exact) mass is 367 g/mol. The molecule has 0 radical (unpaired) electrons. The van der Waals surface area contributed by atoms with E-state index >= 15 is 0 Å². The fourth-order valence-electron chi connectivity index (χ4n) is 3.61. The minimum Gasteiger partial charge on any atom is -0.462 e. The van der Waals surface area contributed by atoms with Crippen molar-refractivity contribution in [2.45, 2.75) is 59.0 Å². The van der Waals surface area contributed by atoms with Gasteiger partial charge in [0.1, 0.15) is 6.10 Å². The first kappa shape index (κ1) is 19.7. The molecule has 1 fully saturated rings. The summed E-state index contributed by atoms with van der Waals surface area (Å²) in [5, 5.41) is 11.0. The maximum Gasteiger partial charge on any atom is 0.313 e. The fourth-order valence-corrected chi connectivity index (χ4v) is 3.95. The second-order valence-electron chi connectivity index (χ2n) is 7.49. The molecule has 1 saturated carbocycles.